The van der Waals surface area contributed by atoms with Crippen LogP contribution in [0, 0.1) is 46.3 Å². The summed E-state index contributed by atoms with van der Waals surface area (Å²) in [6.45, 7) is 6.61. The van der Waals surface area contributed by atoms with E-state index in [-0.39, 0.29) is 41.1 Å². The Balaban J connectivity index is 1.62. The fourth-order valence-corrected chi connectivity index (χ4v) is 8.83. The highest BCUT2D eigenvalue weighted by molar-refractivity contribution is 5.66. The molecule has 4 fully saturated rings. The van der Waals surface area contributed by atoms with Crippen LogP contribution in [0.1, 0.15) is 78.6 Å². The van der Waals surface area contributed by atoms with Gasteiger partial charge in [0.15, 0.2) is 0 Å². The number of rotatable bonds is 4. The van der Waals surface area contributed by atoms with Crippen molar-refractivity contribution in [2.45, 2.75) is 96.9 Å². The van der Waals surface area contributed by atoms with Crippen LogP contribution in [-0.2, 0) is 4.79 Å². The summed E-state index contributed by atoms with van der Waals surface area (Å²) >= 11 is 0. The molecule has 0 unspecified atom stereocenters. The van der Waals surface area contributed by atoms with E-state index >= 15 is 0 Å². The predicted molar refractivity (Wildman–Crippen MR) is 110 cm³/mol. The van der Waals surface area contributed by atoms with E-state index in [1.54, 1.807) is 0 Å². The molecule has 0 aromatic rings. The number of carboxylic acids is 1. The maximum atomic E-state index is 11.5. The summed E-state index contributed by atoms with van der Waals surface area (Å²) in [5.41, 5.74) is -0.341. The first-order valence-electron chi connectivity index (χ1n) is 11.9. The van der Waals surface area contributed by atoms with E-state index in [9.17, 15) is 20.1 Å². The average molecular weight is 409 g/mol. The lowest BCUT2D eigenvalue weighted by Gasteiger charge is -2.64. The van der Waals surface area contributed by atoms with Crippen LogP contribution in [0.25, 0.3) is 0 Å². The van der Waals surface area contributed by atoms with Gasteiger partial charge in [-0.05, 0) is 92.3 Å². The molecule has 29 heavy (non-hydrogen) atoms. The number of aliphatic hydroxyl groups is 3. The third-order valence-electron chi connectivity index (χ3n) is 10.3. The Hall–Kier alpha value is -0.650. The maximum Gasteiger partial charge on any atom is 0.303 e. The molecule has 0 amide bonds. The van der Waals surface area contributed by atoms with Gasteiger partial charge in [-0.25, -0.2) is 0 Å². The van der Waals surface area contributed by atoms with Crippen LogP contribution in [0.3, 0.4) is 0 Å². The number of aliphatic hydroxyl groups excluding tert-OH is 3. The zero-order valence-corrected chi connectivity index (χ0v) is 18.3. The van der Waals surface area contributed by atoms with Gasteiger partial charge in [-0.1, -0.05) is 20.8 Å². The molecule has 0 bridgehead atoms. The van der Waals surface area contributed by atoms with Crippen molar-refractivity contribution in [2.24, 2.45) is 46.3 Å². The summed E-state index contributed by atoms with van der Waals surface area (Å²) in [6.07, 6.45) is 5.98. The second-order valence-electron chi connectivity index (χ2n) is 11.4. The van der Waals surface area contributed by atoms with Gasteiger partial charge in [-0.2, -0.15) is 0 Å². The van der Waals surface area contributed by atoms with Gasteiger partial charge in [0.1, 0.15) is 0 Å². The van der Waals surface area contributed by atoms with E-state index in [0.717, 1.165) is 44.9 Å². The summed E-state index contributed by atoms with van der Waals surface area (Å²) in [7, 11) is 0. The summed E-state index contributed by atoms with van der Waals surface area (Å²) in [4.78, 5) is 11.1. The van der Waals surface area contributed by atoms with Crippen LogP contribution in [0.4, 0.5) is 0 Å². The predicted octanol–water partition coefficient (Wildman–Crippen LogP) is 3.45. The minimum absolute atomic E-state index is 0.00309. The Kier molecular flexibility index (Phi) is 5.57. The van der Waals surface area contributed by atoms with Gasteiger partial charge in [0, 0.05) is 11.8 Å². The molecule has 5 heteroatoms. The first-order valence-corrected chi connectivity index (χ1v) is 11.9. The Morgan fingerprint density at radius 1 is 1.07 bits per heavy atom. The second-order valence-corrected chi connectivity index (χ2v) is 11.4. The highest BCUT2D eigenvalue weighted by Gasteiger charge is 2.66. The first-order chi connectivity index (χ1) is 13.6. The van der Waals surface area contributed by atoms with E-state index in [0.29, 0.717) is 24.2 Å². The first kappa shape index (κ1) is 21.6. The number of aliphatic carboxylic acids is 1. The van der Waals surface area contributed by atoms with Crippen LogP contribution in [0.5, 0.6) is 0 Å². The molecule has 0 heterocycles. The van der Waals surface area contributed by atoms with Crippen molar-refractivity contribution in [3.05, 3.63) is 0 Å². The zero-order valence-electron chi connectivity index (χ0n) is 18.3. The van der Waals surface area contributed by atoms with Crippen molar-refractivity contribution < 1.29 is 25.2 Å². The molecule has 0 aliphatic heterocycles. The Labute approximate surface area is 174 Å². The molecule has 166 valence electrons. The van der Waals surface area contributed by atoms with Gasteiger partial charge in [0.05, 0.1) is 18.3 Å². The fraction of sp³-hybridized carbons (Fsp3) is 0.958. The van der Waals surface area contributed by atoms with Crippen LogP contribution in [-0.4, -0.2) is 44.7 Å². The molecule has 4 N–H and O–H groups in total. The van der Waals surface area contributed by atoms with Gasteiger partial charge in [0.25, 0.3) is 0 Å². The molecule has 0 aromatic heterocycles. The van der Waals surface area contributed by atoms with Gasteiger partial charge < -0.3 is 20.4 Å². The molecule has 4 aliphatic carbocycles. The lowest BCUT2D eigenvalue weighted by atomic mass is 9.43. The van der Waals surface area contributed by atoms with Crippen LogP contribution >= 0.6 is 0 Å². The van der Waals surface area contributed by atoms with E-state index < -0.39 is 18.2 Å². The number of hydrogen-bond donors (Lipinski definition) is 4. The second kappa shape index (κ2) is 7.49. The topological polar surface area (TPSA) is 98.0 Å². The molecule has 5 nitrogen and oxygen atoms in total. The van der Waals surface area contributed by atoms with Gasteiger partial charge in [-0.3, -0.25) is 4.79 Å². The quantitative estimate of drug-likeness (QED) is 0.571. The van der Waals surface area contributed by atoms with E-state index in [4.69, 9.17) is 5.11 Å². The molecule has 4 rings (SSSR count). The molecule has 4 saturated carbocycles. The Bertz CT molecular complexity index is 637. The lowest BCUT2D eigenvalue weighted by Crippen LogP contribution is -2.65. The van der Waals surface area contributed by atoms with E-state index in [2.05, 4.69) is 20.8 Å². The third kappa shape index (κ3) is 3.18. The van der Waals surface area contributed by atoms with Gasteiger partial charge in [0.2, 0.25) is 0 Å². The van der Waals surface area contributed by atoms with Gasteiger partial charge in [-0.15, -0.1) is 0 Å². The number of hydrogen-bond acceptors (Lipinski definition) is 4. The van der Waals surface area contributed by atoms with E-state index in [1.807, 2.05) is 0 Å². The highest BCUT2D eigenvalue weighted by Crippen LogP contribution is 2.68. The molecule has 0 radical (unpaired) electrons. The summed E-state index contributed by atoms with van der Waals surface area (Å²) in [5.74, 6) is 1.10. The molecule has 0 aromatic carbocycles. The molecular weight excluding hydrogens is 368 g/mol. The van der Waals surface area contributed by atoms with Crippen molar-refractivity contribution in [1.29, 1.82) is 0 Å². The van der Waals surface area contributed by atoms with Crippen LogP contribution < -0.4 is 0 Å². The zero-order chi connectivity index (χ0) is 21.1. The minimum atomic E-state index is -0.758. The number of carboxylic acid groups (broad SMARTS) is 1. The summed E-state index contributed by atoms with van der Waals surface area (Å²) in [6, 6.07) is 0. The van der Waals surface area contributed by atoms with Crippen molar-refractivity contribution >= 4 is 5.97 Å². The molecule has 11 atom stereocenters. The minimum Gasteiger partial charge on any atom is -0.481 e. The van der Waals surface area contributed by atoms with Gasteiger partial charge >= 0.3 is 5.97 Å². The SMILES string of the molecule is C[C@H](CCC(=O)O)[C@H]1CC[C@H]2[C@@H]3CC[C@@H]4C[C@H](O)CC[C@]4(C)[C@H]3[C@H](O)[C@H](O)[C@]12C. The smallest absolute Gasteiger partial charge is 0.303 e. The third-order valence-corrected chi connectivity index (χ3v) is 10.3. The summed E-state index contributed by atoms with van der Waals surface area (Å²) < 4.78 is 0. The van der Waals surface area contributed by atoms with E-state index in [1.165, 1.54) is 0 Å². The number of carbonyl (C=O) groups is 1. The van der Waals surface area contributed by atoms with Crippen molar-refractivity contribution in [3.8, 4) is 0 Å². The highest BCUT2D eigenvalue weighted by atomic mass is 16.4. The molecule has 0 spiro atoms. The van der Waals surface area contributed by atoms with Crippen molar-refractivity contribution in [1.82, 2.24) is 0 Å². The number of fused-ring (bicyclic) bond motifs is 5. The molecule has 0 saturated heterocycles. The van der Waals surface area contributed by atoms with Crippen LogP contribution in [0.2, 0.25) is 0 Å². The normalized spacial score (nSPS) is 52.9. The average Bonchev–Trinajstić information content (AvgIpc) is 3.02. The standard InChI is InChI=1S/C24H40O5/c1-13(4-9-19(26)27)17-7-8-18-16-6-5-14-12-15(25)10-11-23(14,2)20(16)21(28)22(29)24(17,18)3/h13-18,20-22,25,28-29H,4-12H2,1-3H3,(H,26,27)/t13-,14-,15-,16+,17-,18+,20-,21+,22+,23+,24-/m1/s1. The fourth-order valence-electron chi connectivity index (χ4n) is 8.83. The molecular formula is C24H40O5. The van der Waals surface area contributed by atoms with Crippen molar-refractivity contribution in [3.63, 3.8) is 0 Å². The summed E-state index contributed by atoms with van der Waals surface area (Å²) in [5, 5.41) is 42.2. The van der Waals surface area contributed by atoms with Crippen molar-refractivity contribution in [2.75, 3.05) is 0 Å². The monoisotopic (exact) mass is 408 g/mol. The Morgan fingerprint density at radius 2 is 1.79 bits per heavy atom. The Morgan fingerprint density at radius 3 is 2.48 bits per heavy atom. The van der Waals surface area contributed by atoms with Crippen LogP contribution in [0.15, 0.2) is 0 Å². The lowest BCUT2D eigenvalue weighted by molar-refractivity contribution is -0.231. The largest absolute Gasteiger partial charge is 0.481 e. The molecule has 4 aliphatic rings. The maximum absolute atomic E-state index is 11.5.